The molecular formula is C9H13N5O2. The Morgan fingerprint density at radius 3 is 2.50 bits per heavy atom. The highest BCUT2D eigenvalue weighted by atomic mass is 16.2. The Labute approximate surface area is 92.4 Å². The first-order valence-electron chi connectivity index (χ1n) is 4.66. The van der Waals surface area contributed by atoms with Crippen molar-refractivity contribution in [3.63, 3.8) is 0 Å². The van der Waals surface area contributed by atoms with Crippen molar-refractivity contribution in [3.8, 4) is 0 Å². The van der Waals surface area contributed by atoms with E-state index in [-0.39, 0.29) is 11.6 Å². The van der Waals surface area contributed by atoms with Gasteiger partial charge in [0.05, 0.1) is 0 Å². The SMILES string of the molecule is CNC(=O)C(C)Nc1ccc(C(N)=O)nn1. The third-order valence-corrected chi connectivity index (χ3v) is 1.92. The first-order valence-corrected chi connectivity index (χ1v) is 4.66. The molecule has 0 saturated heterocycles. The number of amides is 2. The maximum Gasteiger partial charge on any atom is 0.269 e. The van der Waals surface area contributed by atoms with Crippen LogP contribution in [0.5, 0.6) is 0 Å². The molecular weight excluding hydrogens is 210 g/mol. The summed E-state index contributed by atoms with van der Waals surface area (Å²) < 4.78 is 0. The van der Waals surface area contributed by atoms with E-state index in [1.165, 1.54) is 12.1 Å². The summed E-state index contributed by atoms with van der Waals surface area (Å²) in [5.74, 6) is -0.403. The maximum absolute atomic E-state index is 11.2. The van der Waals surface area contributed by atoms with Gasteiger partial charge in [-0.25, -0.2) is 0 Å². The molecule has 0 aliphatic heterocycles. The number of anilines is 1. The number of aromatic nitrogens is 2. The van der Waals surface area contributed by atoms with Crippen molar-refractivity contribution in [2.75, 3.05) is 12.4 Å². The Morgan fingerprint density at radius 1 is 1.38 bits per heavy atom. The number of likely N-dealkylation sites (N-methyl/N-ethyl adjacent to an activating group) is 1. The molecule has 1 aromatic heterocycles. The molecule has 86 valence electrons. The molecule has 4 N–H and O–H groups in total. The molecule has 7 heteroatoms. The van der Waals surface area contributed by atoms with Crippen LogP contribution in [0.1, 0.15) is 17.4 Å². The maximum atomic E-state index is 11.2. The second kappa shape index (κ2) is 5.06. The van der Waals surface area contributed by atoms with Gasteiger partial charge in [0.15, 0.2) is 5.69 Å². The molecule has 0 spiro atoms. The molecule has 0 aliphatic rings. The lowest BCUT2D eigenvalue weighted by Crippen LogP contribution is -2.35. The van der Waals surface area contributed by atoms with Crippen molar-refractivity contribution in [1.29, 1.82) is 0 Å². The van der Waals surface area contributed by atoms with Gasteiger partial charge in [-0.2, -0.15) is 0 Å². The minimum atomic E-state index is -0.640. The van der Waals surface area contributed by atoms with Gasteiger partial charge in [-0.3, -0.25) is 9.59 Å². The van der Waals surface area contributed by atoms with E-state index in [0.717, 1.165) is 0 Å². The van der Waals surface area contributed by atoms with Crippen molar-refractivity contribution < 1.29 is 9.59 Å². The Balaban J connectivity index is 2.68. The lowest BCUT2D eigenvalue weighted by atomic mass is 10.3. The van der Waals surface area contributed by atoms with Crippen LogP contribution < -0.4 is 16.4 Å². The number of carbonyl (C=O) groups is 2. The van der Waals surface area contributed by atoms with E-state index >= 15 is 0 Å². The van der Waals surface area contributed by atoms with Crippen LogP contribution in [0.3, 0.4) is 0 Å². The lowest BCUT2D eigenvalue weighted by molar-refractivity contribution is -0.121. The standard InChI is InChI=1S/C9H13N5O2/c1-5(9(16)11-2)12-7-4-3-6(8(10)15)13-14-7/h3-5H,1-2H3,(H2,10,15)(H,11,16)(H,12,14). The van der Waals surface area contributed by atoms with Gasteiger partial charge in [0.1, 0.15) is 11.9 Å². The molecule has 16 heavy (non-hydrogen) atoms. The van der Waals surface area contributed by atoms with Crippen LogP contribution >= 0.6 is 0 Å². The van der Waals surface area contributed by atoms with Gasteiger partial charge in [-0.05, 0) is 19.1 Å². The Bertz CT molecular complexity index is 389. The molecule has 0 saturated carbocycles. The number of hydrogen-bond acceptors (Lipinski definition) is 5. The fourth-order valence-corrected chi connectivity index (χ4v) is 1.04. The van der Waals surface area contributed by atoms with Crippen LogP contribution in [0.15, 0.2) is 12.1 Å². The molecule has 1 rings (SSSR count). The van der Waals surface area contributed by atoms with Gasteiger partial charge in [0.2, 0.25) is 5.91 Å². The summed E-state index contributed by atoms with van der Waals surface area (Å²) in [6.45, 7) is 1.68. The zero-order valence-corrected chi connectivity index (χ0v) is 9.02. The monoisotopic (exact) mass is 223 g/mol. The number of nitrogens with one attached hydrogen (secondary N) is 2. The van der Waals surface area contributed by atoms with E-state index in [1.54, 1.807) is 14.0 Å². The second-order valence-corrected chi connectivity index (χ2v) is 3.15. The molecule has 0 bridgehead atoms. The highest BCUT2D eigenvalue weighted by molar-refractivity contribution is 5.90. The number of primary amides is 1. The van der Waals surface area contributed by atoms with Crippen LogP contribution in [0.25, 0.3) is 0 Å². The minimum absolute atomic E-state index is 0.0816. The fourth-order valence-electron chi connectivity index (χ4n) is 1.04. The lowest BCUT2D eigenvalue weighted by Gasteiger charge is -2.11. The molecule has 2 amide bonds. The third kappa shape index (κ3) is 2.91. The predicted octanol–water partition coefficient (Wildman–Crippen LogP) is -0.878. The van der Waals surface area contributed by atoms with Crippen molar-refractivity contribution in [2.24, 2.45) is 5.73 Å². The first-order chi connectivity index (χ1) is 7.54. The van der Waals surface area contributed by atoms with E-state index in [2.05, 4.69) is 20.8 Å². The van der Waals surface area contributed by atoms with Gasteiger partial charge in [-0.15, -0.1) is 10.2 Å². The van der Waals surface area contributed by atoms with Crippen molar-refractivity contribution in [1.82, 2.24) is 15.5 Å². The van der Waals surface area contributed by atoms with Gasteiger partial charge < -0.3 is 16.4 Å². The summed E-state index contributed by atoms with van der Waals surface area (Å²) in [5.41, 5.74) is 5.09. The van der Waals surface area contributed by atoms with E-state index in [0.29, 0.717) is 5.82 Å². The molecule has 0 radical (unpaired) electrons. The number of carbonyl (C=O) groups excluding carboxylic acids is 2. The first kappa shape index (κ1) is 11.9. The van der Waals surface area contributed by atoms with Gasteiger partial charge in [0.25, 0.3) is 5.91 Å². The summed E-state index contributed by atoms with van der Waals surface area (Å²) in [6, 6.07) is 2.54. The fraction of sp³-hybridized carbons (Fsp3) is 0.333. The Kier molecular flexibility index (Phi) is 3.76. The van der Waals surface area contributed by atoms with Gasteiger partial charge in [-0.1, -0.05) is 0 Å². The minimum Gasteiger partial charge on any atom is -0.364 e. The highest BCUT2D eigenvalue weighted by Gasteiger charge is 2.11. The van der Waals surface area contributed by atoms with E-state index < -0.39 is 11.9 Å². The molecule has 1 atom stereocenters. The third-order valence-electron chi connectivity index (χ3n) is 1.92. The van der Waals surface area contributed by atoms with Crippen LogP contribution in [-0.4, -0.2) is 35.1 Å². The largest absolute Gasteiger partial charge is 0.364 e. The molecule has 0 aliphatic carbocycles. The number of hydrogen-bond donors (Lipinski definition) is 3. The summed E-state index contributed by atoms with van der Waals surface area (Å²) in [7, 11) is 1.54. The molecule has 7 nitrogen and oxygen atoms in total. The number of nitrogens with two attached hydrogens (primary N) is 1. The predicted molar refractivity (Wildman–Crippen MR) is 57.7 cm³/mol. The molecule has 0 fully saturated rings. The normalized spacial score (nSPS) is 11.6. The topological polar surface area (TPSA) is 110 Å². The summed E-state index contributed by atoms with van der Waals surface area (Å²) in [4.78, 5) is 21.9. The van der Waals surface area contributed by atoms with E-state index in [9.17, 15) is 9.59 Å². The zero-order chi connectivity index (χ0) is 12.1. The average Bonchev–Trinajstić information content (AvgIpc) is 2.28. The number of rotatable bonds is 4. The van der Waals surface area contributed by atoms with Crippen LogP contribution in [-0.2, 0) is 4.79 Å². The van der Waals surface area contributed by atoms with Crippen molar-refractivity contribution >= 4 is 17.6 Å². The van der Waals surface area contributed by atoms with Gasteiger partial charge >= 0.3 is 0 Å². The number of nitrogens with zero attached hydrogens (tertiary/aromatic N) is 2. The molecule has 0 aromatic carbocycles. The molecule has 1 unspecified atom stereocenters. The van der Waals surface area contributed by atoms with Gasteiger partial charge in [0, 0.05) is 7.05 Å². The molecule has 1 heterocycles. The Morgan fingerprint density at radius 2 is 2.06 bits per heavy atom. The van der Waals surface area contributed by atoms with Crippen molar-refractivity contribution in [3.05, 3.63) is 17.8 Å². The molecule has 1 aromatic rings. The summed E-state index contributed by atoms with van der Waals surface area (Å²) in [6.07, 6.45) is 0. The smallest absolute Gasteiger partial charge is 0.269 e. The van der Waals surface area contributed by atoms with E-state index in [1.807, 2.05) is 0 Å². The van der Waals surface area contributed by atoms with Crippen LogP contribution in [0.4, 0.5) is 5.82 Å². The van der Waals surface area contributed by atoms with E-state index in [4.69, 9.17) is 5.73 Å². The second-order valence-electron chi connectivity index (χ2n) is 3.15. The quantitative estimate of drug-likeness (QED) is 0.614. The van der Waals surface area contributed by atoms with Crippen molar-refractivity contribution in [2.45, 2.75) is 13.0 Å². The zero-order valence-electron chi connectivity index (χ0n) is 9.02. The highest BCUT2D eigenvalue weighted by Crippen LogP contribution is 2.03. The Hall–Kier alpha value is -2.18. The summed E-state index contributed by atoms with van der Waals surface area (Å²) in [5, 5.41) is 12.6. The van der Waals surface area contributed by atoms with Crippen LogP contribution in [0, 0.1) is 0 Å². The van der Waals surface area contributed by atoms with Crippen LogP contribution in [0.2, 0.25) is 0 Å². The summed E-state index contributed by atoms with van der Waals surface area (Å²) >= 11 is 0. The average molecular weight is 223 g/mol.